The van der Waals surface area contributed by atoms with Crippen LogP contribution in [0.4, 0.5) is 0 Å². The molecule has 3 N–H and O–H groups in total. The first kappa shape index (κ1) is 17.0. The second-order valence-electron chi connectivity index (χ2n) is 6.90. The molecule has 0 aliphatic carbocycles. The summed E-state index contributed by atoms with van der Waals surface area (Å²) in [5.74, 6) is -0.580. The average molecular weight is 334 g/mol. The molecule has 0 fully saturated rings. The topological polar surface area (TPSA) is 76.0 Å². The Bertz CT molecular complexity index is 1000. The number of benzene rings is 2. The molecule has 3 aromatic rings. The van der Waals surface area contributed by atoms with Crippen molar-refractivity contribution in [3.05, 3.63) is 70.5 Å². The zero-order chi connectivity index (χ0) is 18.2. The SMILES string of the molecule is CC(C)C(C)(C(N)=O)c1ccc(-c2ccc3ccccc3c2)[nH]c1=O. The van der Waals surface area contributed by atoms with Gasteiger partial charge < -0.3 is 10.7 Å². The molecule has 0 saturated carbocycles. The van der Waals surface area contributed by atoms with Crippen molar-refractivity contribution in [2.45, 2.75) is 26.2 Å². The molecule has 1 heterocycles. The fourth-order valence-electron chi connectivity index (χ4n) is 3.14. The van der Waals surface area contributed by atoms with Crippen molar-refractivity contribution in [1.29, 1.82) is 0 Å². The molecular weight excluding hydrogens is 312 g/mol. The third-order valence-electron chi connectivity index (χ3n) is 5.20. The average Bonchev–Trinajstić information content (AvgIpc) is 2.60. The lowest BCUT2D eigenvalue weighted by molar-refractivity contribution is -0.124. The summed E-state index contributed by atoms with van der Waals surface area (Å²) in [5.41, 5.74) is 6.35. The summed E-state index contributed by atoms with van der Waals surface area (Å²) >= 11 is 0. The number of aromatic nitrogens is 1. The van der Waals surface area contributed by atoms with Gasteiger partial charge in [-0.25, -0.2) is 0 Å². The van der Waals surface area contributed by atoms with Gasteiger partial charge in [-0.1, -0.05) is 56.3 Å². The minimum absolute atomic E-state index is 0.0855. The summed E-state index contributed by atoms with van der Waals surface area (Å²) in [6, 6.07) is 17.7. The molecule has 4 nitrogen and oxygen atoms in total. The summed E-state index contributed by atoms with van der Waals surface area (Å²) in [6.07, 6.45) is 0. The van der Waals surface area contributed by atoms with Crippen molar-refractivity contribution in [2.75, 3.05) is 0 Å². The first-order valence-electron chi connectivity index (χ1n) is 8.37. The summed E-state index contributed by atoms with van der Waals surface area (Å²) < 4.78 is 0. The summed E-state index contributed by atoms with van der Waals surface area (Å²) in [5, 5.41) is 2.25. The van der Waals surface area contributed by atoms with Crippen LogP contribution in [-0.2, 0) is 10.2 Å². The van der Waals surface area contributed by atoms with Crippen molar-refractivity contribution in [3.63, 3.8) is 0 Å². The number of nitrogens with one attached hydrogen (secondary N) is 1. The minimum Gasteiger partial charge on any atom is -0.369 e. The quantitative estimate of drug-likeness (QED) is 0.765. The lowest BCUT2D eigenvalue weighted by atomic mass is 9.73. The lowest BCUT2D eigenvalue weighted by Crippen LogP contribution is -2.46. The van der Waals surface area contributed by atoms with Gasteiger partial charge in [-0.2, -0.15) is 0 Å². The first-order chi connectivity index (χ1) is 11.8. The molecule has 25 heavy (non-hydrogen) atoms. The van der Waals surface area contributed by atoms with E-state index in [0.29, 0.717) is 5.56 Å². The van der Waals surface area contributed by atoms with E-state index >= 15 is 0 Å². The van der Waals surface area contributed by atoms with Crippen molar-refractivity contribution in [1.82, 2.24) is 4.98 Å². The molecule has 0 radical (unpaired) electrons. The zero-order valence-corrected chi connectivity index (χ0v) is 14.7. The Morgan fingerprint density at radius 1 is 1.04 bits per heavy atom. The number of H-pyrrole nitrogens is 1. The number of pyridine rings is 1. The highest BCUT2D eigenvalue weighted by Gasteiger charge is 2.38. The Labute approximate surface area is 146 Å². The van der Waals surface area contributed by atoms with Gasteiger partial charge in [0.25, 0.3) is 5.56 Å². The Morgan fingerprint density at radius 2 is 1.72 bits per heavy atom. The molecule has 0 bridgehead atoms. The van der Waals surface area contributed by atoms with E-state index in [1.165, 1.54) is 0 Å². The van der Waals surface area contributed by atoms with Crippen LogP contribution >= 0.6 is 0 Å². The van der Waals surface area contributed by atoms with Gasteiger partial charge in [-0.05, 0) is 41.3 Å². The minimum atomic E-state index is -1.00. The van der Waals surface area contributed by atoms with E-state index < -0.39 is 11.3 Å². The van der Waals surface area contributed by atoms with Crippen LogP contribution < -0.4 is 11.3 Å². The highest BCUT2D eigenvalue weighted by Crippen LogP contribution is 2.30. The van der Waals surface area contributed by atoms with Crippen molar-refractivity contribution in [3.8, 4) is 11.3 Å². The largest absolute Gasteiger partial charge is 0.369 e. The van der Waals surface area contributed by atoms with Gasteiger partial charge in [0.05, 0.1) is 5.41 Å². The number of primary amides is 1. The molecule has 1 aromatic heterocycles. The number of aromatic amines is 1. The summed E-state index contributed by atoms with van der Waals surface area (Å²) in [7, 11) is 0. The Hall–Kier alpha value is -2.88. The fourth-order valence-corrected chi connectivity index (χ4v) is 3.14. The molecule has 3 rings (SSSR count). The van der Waals surface area contributed by atoms with Gasteiger partial charge in [0.1, 0.15) is 0 Å². The fraction of sp³-hybridized carbons (Fsp3) is 0.238. The second kappa shape index (κ2) is 6.20. The van der Waals surface area contributed by atoms with E-state index in [-0.39, 0.29) is 11.5 Å². The number of fused-ring (bicyclic) bond motifs is 1. The number of carbonyl (C=O) groups excluding carboxylic acids is 1. The third kappa shape index (κ3) is 2.84. The lowest BCUT2D eigenvalue weighted by Gasteiger charge is -2.30. The van der Waals surface area contributed by atoms with Crippen LogP contribution in [0, 0.1) is 5.92 Å². The van der Waals surface area contributed by atoms with Crippen molar-refractivity contribution >= 4 is 16.7 Å². The maximum atomic E-state index is 12.7. The van der Waals surface area contributed by atoms with E-state index in [0.717, 1.165) is 22.0 Å². The van der Waals surface area contributed by atoms with Crippen LogP contribution in [0.25, 0.3) is 22.0 Å². The third-order valence-corrected chi connectivity index (χ3v) is 5.20. The van der Waals surface area contributed by atoms with Crippen LogP contribution in [-0.4, -0.2) is 10.9 Å². The highest BCUT2D eigenvalue weighted by molar-refractivity contribution is 5.88. The molecule has 0 aliphatic rings. The van der Waals surface area contributed by atoms with Crippen molar-refractivity contribution in [2.24, 2.45) is 11.7 Å². The number of carbonyl (C=O) groups is 1. The van der Waals surface area contributed by atoms with Crippen molar-refractivity contribution < 1.29 is 4.79 Å². The van der Waals surface area contributed by atoms with Crippen LogP contribution in [0.2, 0.25) is 0 Å². The molecule has 1 amide bonds. The van der Waals surface area contributed by atoms with Gasteiger partial charge in [0.15, 0.2) is 0 Å². The van der Waals surface area contributed by atoms with Crippen LogP contribution in [0.1, 0.15) is 26.3 Å². The van der Waals surface area contributed by atoms with E-state index in [2.05, 4.69) is 4.98 Å². The van der Waals surface area contributed by atoms with E-state index in [1.54, 1.807) is 13.0 Å². The van der Waals surface area contributed by atoms with Gasteiger partial charge in [-0.3, -0.25) is 9.59 Å². The second-order valence-corrected chi connectivity index (χ2v) is 6.90. The molecule has 0 spiro atoms. The molecule has 128 valence electrons. The number of hydrogen-bond acceptors (Lipinski definition) is 2. The van der Waals surface area contributed by atoms with E-state index in [4.69, 9.17) is 5.73 Å². The smallest absolute Gasteiger partial charge is 0.252 e. The maximum Gasteiger partial charge on any atom is 0.252 e. The Balaban J connectivity index is 2.10. The maximum absolute atomic E-state index is 12.7. The first-order valence-corrected chi connectivity index (χ1v) is 8.37. The van der Waals surface area contributed by atoms with Crippen LogP contribution in [0.5, 0.6) is 0 Å². The highest BCUT2D eigenvalue weighted by atomic mass is 16.1. The Kier molecular flexibility index (Phi) is 4.21. The van der Waals surface area contributed by atoms with E-state index in [9.17, 15) is 9.59 Å². The van der Waals surface area contributed by atoms with Crippen LogP contribution in [0.15, 0.2) is 59.4 Å². The van der Waals surface area contributed by atoms with E-state index in [1.807, 2.05) is 62.4 Å². The molecule has 2 aromatic carbocycles. The number of hydrogen-bond donors (Lipinski definition) is 2. The molecule has 0 saturated heterocycles. The van der Waals surface area contributed by atoms with Crippen LogP contribution in [0.3, 0.4) is 0 Å². The number of nitrogens with two attached hydrogens (primary N) is 1. The van der Waals surface area contributed by atoms with Gasteiger partial charge >= 0.3 is 0 Å². The monoisotopic (exact) mass is 334 g/mol. The molecule has 1 atom stereocenters. The normalized spacial score (nSPS) is 13.8. The Morgan fingerprint density at radius 3 is 2.32 bits per heavy atom. The predicted molar refractivity (Wildman–Crippen MR) is 101 cm³/mol. The van der Waals surface area contributed by atoms with Gasteiger partial charge in [0.2, 0.25) is 5.91 Å². The zero-order valence-electron chi connectivity index (χ0n) is 14.7. The number of amides is 1. The number of rotatable bonds is 4. The summed E-state index contributed by atoms with van der Waals surface area (Å²) in [6.45, 7) is 5.50. The summed E-state index contributed by atoms with van der Waals surface area (Å²) in [4.78, 5) is 27.6. The van der Waals surface area contributed by atoms with Gasteiger partial charge in [-0.15, -0.1) is 0 Å². The molecule has 4 heteroatoms. The molecule has 0 aliphatic heterocycles. The molecule has 1 unspecified atom stereocenters. The predicted octanol–water partition coefficient (Wildman–Crippen LogP) is 3.59. The standard InChI is InChI=1S/C21H22N2O2/c1-13(2)21(3,20(22)25)17-10-11-18(23-19(17)24)16-9-8-14-6-4-5-7-15(14)12-16/h4-13H,1-3H3,(H2,22,25)(H,23,24). The molecular formula is C21H22N2O2. The van der Waals surface area contributed by atoms with Gasteiger partial charge in [0, 0.05) is 11.3 Å².